The number of nitrogens with one attached hydrogen (secondary N) is 1. The molecule has 1 aromatic heterocycles. The van der Waals surface area contributed by atoms with E-state index < -0.39 is 11.5 Å². The second-order valence-electron chi connectivity index (χ2n) is 5.18. The molecule has 1 atom stereocenters. The van der Waals surface area contributed by atoms with Gasteiger partial charge < -0.3 is 10.1 Å². The molecule has 0 radical (unpaired) electrons. The van der Waals surface area contributed by atoms with E-state index in [1.165, 1.54) is 18.4 Å². The highest BCUT2D eigenvalue weighted by Crippen LogP contribution is 2.26. The molecule has 1 aromatic carbocycles. The molecule has 1 amide bonds. The Labute approximate surface area is 128 Å². The Hall–Kier alpha value is -1.88. The average molecular weight is 305 g/mol. The van der Waals surface area contributed by atoms with Crippen LogP contribution in [-0.4, -0.2) is 24.5 Å². The number of methoxy groups -OCH3 is 1. The van der Waals surface area contributed by atoms with Crippen LogP contribution in [0.15, 0.2) is 30.3 Å². The first-order valence-electron chi connectivity index (χ1n) is 6.89. The number of benzene rings is 1. The van der Waals surface area contributed by atoms with Crippen molar-refractivity contribution in [3.63, 3.8) is 0 Å². The van der Waals surface area contributed by atoms with Crippen molar-refractivity contribution in [1.29, 1.82) is 0 Å². The maximum atomic E-state index is 12.4. The second kappa shape index (κ2) is 6.26. The molecule has 0 spiro atoms. The lowest BCUT2D eigenvalue weighted by atomic mass is 9.96. The Balaban J connectivity index is 2.24. The molecule has 0 saturated carbocycles. The van der Waals surface area contributed by atoms with Gasteiger partial charge in [-0.1, -0.05) is 31.5 Å². The van der Waals surface area contributed by atoms with E-state index in [1.807, 2.05) is 37.3 Å². The Morgan fingerprint density at radius 3 is 2.67 bits per heavy atom. The number of esters is 1. The van der Waals surface area contributed by atoms with Gasteiger partial charge in [-0.05, 0) is 30.9 Å². The molecule has 2 rings (SSSR count). The predicted molar refractivity (Wildman–Crippen MR) is 84.6 cm³/mol. The van der Waals surface area contributed by atoms with Gasteiger partial charge in [0.25, 0.3) is 5.91 Å². The first kappa shape index (κ1) is 15.5. The largest absolute Gasteiger partial charge is 0.467 e. The van der Waals surface area contributed by atoms with Crippen LogP contribution in [0.1, 0.15) is 36.4 Å². The van der Waals surface area contributed by atoms with E-state index in [4.69, 9.17) is 4.74 Å². The van der Waals surface area contributed by atoms with Crippen molar-refractivity contribution < 1.29 is 14.3 Å². The van der Waals surface area contributed by atoms with Gasteiger partial charge in [0, 0.05) is 4.70 Å². The SMILES string of the molecule is CCCC(C)(NC(=O)c1cc2ccccc2s1)C(=O)OC. The number of carbonyl (C=O) groups is 2. The molecule has 112 valence electrons. The van der Waals surface area contributed by atoms with Gasteiger partial charge in [0.2, 0.25) is 0 Å². The number of amides is 1. The van der Waals surface area contributed by atoms with Gasteiger partial charge in [-0.3, -0.25) is 4.79 Å². The van der Waals surface area contributed by atoms with Crippen LogP contribution in [0.25, 0.3) is 10.1 Å². The molecular formula is C16H19NO3S. The molecule has 0 aliphatic rings. The molecule has 0 fully saturated rings. The molecule has 0 aliphatic carbocycles. The fourth-order valence-corrected chi connectivity index (χ4v) is 3.30. The van der Waals surface area contributed by atoms with Gasteiger partial charge in [-0.2, -0.15) is 0 Å². The number of carbonyl (C=O) groups excluding carboxylic acids is 2. The minimum Gasteiger partial charge on any atom is -0.467 e. The van der Waals surface area contributed by atoms with E-state index in [-0.39, 0.29) is 5.91 Å². The molecule has 0 aliphatic heterocycles. The summed E-state index contributed by atoms with van der Waals surface area (Å²) in [5.41, 5.74) is -0.989. The minimum atomic E-state index is -0.989. The van der Waals surface area contributed by atoms with Crippen molar-refractivity contribution >= 4 is 33.3 Å². The van der Waals surface area contributed by atoms with Crippen LogP contribution in [0.3, 0.4) is 0 Å². The summed E-state index contributed by atoms with van der Waals surface area (Å²) in [6.07, 6.45) is 1.31. The number of ether oxygens (including phenoxy) is 1. The summed E-state index contributed by atoms with van der Waals surface area (Å²) < 4.78 is 5.87. The summed E-state index contributed by atoms with van der Waals surface area (Å²) >= 11 is 1.42. The smallest absolute Gasteiger partial charge is 0.331 e. The highest BCUT2D eigenvalue weighted by Gasteiger charge is 2.35. The van der Waals surface area contributed by atoms with Crippen molar-refractivity contribution in [3.05, 3.63) is 35.2 Å². The Morgan fingerprint density at radius 2 is 2.05 bits per heavy atom. The molecule has 2 aromatic rings. The molecule has 0 bridgehead atoms. The van der Waals surface area contributed by atoms with E-state index >= 15 is 0 Å². The fourth-order valence-electron chi connectivity index (χ4n) is 2.35. The summed E-state index contributed by atoms with van der Waals surface area (Å²) in [6.45, 7) is 3.67. The lowest BCUT2D eigenvalue weighted by molar-refractivity contribution is -0.147. The third-order valence-corrected chi connectivity index (χ3v) is 4.54. The number of fused-ring (bicyclic) bond motifs is 1. The molecular weight excluding hydrogens is 286 g/mol. The minimum absolute atomic E-state index is 0.238. The van der Waals surface area contributed by atoms with Crippen molar-refractivity contribution in [2.24, 2.45) is 0 Å². The third kappa shape index (κ3) is 3.24. The molecule has 1 N–H and O–H groups in total. The first-order chi connectivity index (χ1) is 10.00. The average Bonchev–Trinajstić information content (AvgIpc) is 2.90. The van der Waals surface area contributed by atoms with Crippen LogP contribution >= 0.6 is 11.3 Å². The summed E-state index contributed by atoms with van der Waals surface area (Å²) in [6, 6.07) is 9.66. The number of rotatable bonds is 5. The maximum Gasteiger partial charge on any atom is 0.331 e. The number of hydrogen-bond acceptors (Lipinski definition) is 4. The van der Waals surface area contributed by atoms with Crippen LogP contribution in [0.4, 0.5) is 0 Å². The fraction of sp³-hybridized carbons (Fsp3) is 0.375. The van der Waals surface area contributed by atoms with E-state index in [1.54, 1.807) is 6.92 Å². The maximum absolute atomic E-state index is 12.4. The molecule has 5 heteroatoms. The van der Waals surface area contributed by atoms with Crippen LogP contribution in [0, 0.1) is 0 Å². The summed E-state index contributed by atoms with van der Waals surface area (Å²) in [5.74, 6) is -0.656. The summed E-state index contributed by atoms with van der Waals surface area (Å²) in [7, 11) is 1.34. The Kier molecular flexibility index (Phi) is 4.63. The normalized spacial score (nSPS) is 13.7. The summed E-state index contributed by atoms with van der Waals surface area (Å²) in [4.78, 5) is 24.9. The molecule has 1 unspecified atom stereocenters. The third-order valence-electron chi connectivity index (χ3n) is 3.42. The zero-order chi connectivity index (χ0) is 15.5. The van der Waals surface area contributed by atoms with E-state index in [2.05, 4.69) is 5.32 Å². The van der Waals surface area contributed by atoms with Crippen LogP contribution in [0.5, 0.6) is 0 Å². The zero-order valence-electron chi connectivity index (χ0n) is 12.4. The Bertz CT molecular complexity index is 631. The molecule has 4 nitrogen and oxygen atoms in total. The molecule has 0 saturated heterocycles. The van der Waals surface area contributed by atoms with Gasteiger partial charge in [0.05, 0.1) is 12.0 Å². The second-order valence-corrected chi connectivity index (χ2v) is 6.26. The lowest BCUT2D eigenvalue weighted by Crippen LogP contribution is -2.52. The topological polar surface area (TPSA) is 55.4 Å². The predicted octanol–water partition coefficient (Wildman–Crippen LogP) is 3.36. The van der Waals surface area contributed by atoms with Gasteiger partial charge in [0.15, 0.2) is 0 Å². The van der Waals surface area contributed by atoms with Gasteiger partial charge >= 0.3 is 5.97 Å². The van der Waals surface area contributed by atoms with Gasteiger partial charge in [-0.15, -0.1) is 11.3 Å². The van der Waals surface area contributed by atoms with Gasteiger partial charge in [-0.25, -0.2) is 4.79 Å². The van der Waals surface area contributed by atoms with Crippen LogP contribution < -0.4 is 5.32 Å². The summed E-state index contributed by atoms with van der Waals surface area (Å²) in [5, 5.41) is 3.85. The highest BCUT2D eigenvalue weighted by atomic mass is 32.1. The van der Waals surface area contributed by atoms with Crippen LogP contribution in [0.2, 0.25) is 0 Å². The standard InChI is InChI=1S/C16H19NO3S/c1-4-9-16(2,15(19)20-3)17-14(18)13-10-11-7-5-6-8-12(11)21-13/h5-8,10H,4,9H2,1-3H3,(H,17,18). The quantitative estimate of drug-likeness (QED) is 0.862. The number of thiophene rings is 1. The zero-order valence-corrected chi connectivity index (χ0v) is 13.3. The Morgan fingerprint density at radius 1 is 1.33 bits per heavy atom. The first-order valence-corrected chi connectivity index (χ1v) is 7.71. The van der Waals surface area contributed by atoms with E-state index in [9.17, 15) is 9.59 Å². The van der Waals surface area contributed by atoms with Crippen molar-refractivity contribution in [1.82, 2.24) is 5.32 Å². The molecule has 1 heterocycles. The van der Waals surface area contributed by atoms with E-state index in [0.29, 0.717) is 11.3 Å². The lowest BCUT2D eigenvalue weighted by Gasteiger charge is -2.27. The van der Waals surface area contributed by atoms with Crippen molar-refractivity contribution in [2.45, 2.75) is 32.2 Å². The highest BCUT2D eigenvalue weighted by molar-refractivity contribution is 7.20. The number of hydrogen-bond donors (Lipinski definition) is 1. The monoisotopic (exact) mass is 305 g/mol. The van der Waals surface area contributed by atoms with Crippen molar-refractivity contribution in [2.75, 3.05) is 7.11 Å². The molecule has 21 heavy (non-hydrogen) atoms. The van der Waals surface area contributed by atoms with Crippen molar-refractivity contribution in [3.8, 4) is 0 Å². The van der Waals surface area contributed by atoms with Gasteiger partial charge in [0.1, 0.15) is 5.54 Å². The van der Waals surface area contributed by atoms with E-state index in [0.717, 1.165) is 16.5 Å². The van der Waals surface area contributed by atoms with Crippen LogP contribution in [-0.2, 0) is 9.53 Å².